The molecule has 3 nitrogen and oxygen atoms in total. The Balaban J connectivity index is 1.84. The lowest BCUT2D eigenvalue weighted by Gasteiger charge is -2.27. The quantitative estimate of drug-likeness (QED) is 0.873. The van der Waals surface area contributed by atoms with Crippen molar-refractivity contribution in [2.45, 2.75) is 17.2 Å². The lowest BCUT2D eigenvalue weighted by atomic mass is 9.93. The number of rotatable bonds is 4. The van der Waals surface area contributed by atoms with Crippen LogP contribution in [0.15, 0.2) is 54.6 Å². The fourth-order valence-electron chi connectivity index (χ4n) is 3.16. The summed E-state index contributed by atoms with van der Waals surface area (Å²) in [5.74, 6) is -0.179. The number of esters is 1. The van der Waals surface area contributed by atoms with E-state index in [0.29, 0.717) is 0 Å². The van der Waals surface area contributed by atoms with Crippen molar-refractivity contribution in [3.63, 3.8) is 0 Å². The second kappa shape index (κ2) is 6.77. The SMILES string of the molecule is COC(=O)[C@@H]1C[C@@](SC)(c2ccc(-c3ccccc3)cc2)CN1. The molecule has 2 atom stereocenters. The lowest BCUT2D eigenvalue weighted by molar-refractivity contribution is -0.142. The number of hydrogen-bond acceptors (Lipinski definition) is 4. The van der Waals surface area contributed by atoms with Crippen molar-refractivity contribution < 1.29 is 9.53 Å². The highest BCUT2D eigenvalue weighted by atomic mass is 32.2. The van der Waals surface area contributed by atoms with Crippen LogP contribution in [-0.2, 0) is 14.3 Å². The van der Waals surface area contributed by atoms with E-state index in [-0.39, 0.29) is 16.8 Å². The van der Waals surface area contributed by atoms with Crippen molar-refractivity contribution in [1.82, 2.24) is 5.32 Å². The van der Waals surface area contributed by atoms with Gasteiger partial charge in [-0.15, -0.1) is 0 Å². The van der Waals surface area contributed by atoms with Crippen LogP contribution in [0.2, 0.25) is 0 Å². The van der Waals surface area contributed by atoms with E-state index in [1.54, 1.807) is 11.8 Å². The number of hydrogen-bond donors (Lipinski definition) is 1. The maximum Gasteiger partial charge on any atom is 0.322 e. The molecule has 0 bridgehead atoms. The molecule has 0 aliphatic carbocycles. The molecule has 0 spiro atoms. The predicted octanol–water partition coefficient (Wildman–Crippen LogP) is 3.45. The molecular weight excluding hydrogens is 306 g/mol. The maximum atomic E-state index is 11.8. The van der Waals surface area contributed by atoms with Crippen LogP contribution in [-0.4, -0.2) is 31.9 Å². The molecular formula is C19H21NO2S. The summed E-state index contributed by atoms with van der Waals surface area (Å²) in [6.07, 6.45) is 2.86. The first-order valence-corrected chi connectivity index (χ1v) is 8.93. The van der Waals surface area contributed by atoms with Crippen molar-refractivity contribution >= 4 is 17.7 Å². The van der Waals surface area contributed by atoms with Crippen LogP contribution in [0.3, 0.4) is 0 Å². The largest absolute Gasteiger partial charge is 0.468 e. The standard InChI is InChI=1S/C19H21NO2S/c1-22-18(21)17-12-19(23-2,13-20-17)16-10-8-15(9-11-16)14-6-4-3-5-7-14/h3-11,17,20H,12-13H2,1-2H3/t17-,19-/m0/s1. The number of ether oxygens (including phenoxy) is 1. The third-order valence-electron chi connectivity index (χ3n) is 4.56. The number of benzene rings is 2. The van der Waals surface area contributed by atoms with Gasteiger partial charge in [0.25, 0.3) is 0 Å². The van der Waals surface area contributed by atoms with Crippen molar-refractivity contribution in [2.75, 3.05) is 19.9 Å². The summed E-state index contributed by atoms with van der Waals surface area (Å²) in [4.78, 5) is 11.8. The van der Waals surface area contributed by atoms with Crippen molar-refractivity contribution in [1.29, 1.82) is 0 Å². The number of nitrogens with one attached hydrogen (secondary N) is 1. The predicted molar refractivity (Wildman–Crippen MR) is 95.5 cm³/mol. The van der Waals surface area contributed by atoms with Crippen molar-refractivity contribution in [3.05, 3.63) is 60.2 Å². The summed E-state index contributed by atoms with van der Waals surface area (Å²) >= 11 is 1.80. The van der Waals surface area contributed by atoms with Gasteiger partial charge in [0.15, 0.2) is 0 Å². The summed E-state index contributed by atoms with van der Waals surface area (Å²) in [7, 11) is 1.44. The van der Waals surface area contributed by atoms with Gasteiger partial charge < -0.3 is 10.1 Å². The topological polar surface area (TPSA) is 38.3 Å². The highest BCUT2D eigenvalue weighted by Crippen LogP contribution is 2.42. The van der Waals surface area contributed by atoms with Gasteiger partial charge >= 0.3 is 5.97 Å². The molecule has 120 valence electrons. The van der Waals surface area contributed by atoms with E-state index in [1.165, 1.54) is 23.8 Å². The van der Waals surface area contributed by atoms with E-state index in [1.807, 2.05) is 6.07 Å². The van der Waals surface area contributed by atoms with Crippen molar-refractivity contribution in [3.8, 4) is 11.1 Å². The molecule has 1 aliphatic rings. The van der Waals surface area contributed by atoms with Crippen LogP contribution in [0.25, 0.3) is 11.1 Å². The van der Waals surface area contributed by atoms with Crippen LogP contribution in [0, 0.1) is 0 Å². The third-order valence-corrected chi connectivity index (χ3v) is 5.89. The van der Waals surface area contributed by atoms with E-state index in [9.17, 15) is 4.79 Å². The van der Waals surface area contributed by atoms with Crippen LogP contribution in [0.4, 0.5) is 0 Å². The van der Waals surface area contributed by atoms with Gasteiger partial charge in [-0.3, -0.25) is 4.79 Å². The Bertz CT molecular complexity index is 672. The van der Waals surface area contributed by atoms with Gasteiger partial charge in [0.2, 0.25) is 0 Å². The van der Waals surface area contributed by atoms with Gasteiger partial charge in [-0.1, -0.05) is 54.6 Å². The molecule has 0 radical (unpaired) electrons. The summed E-state index contributed by atoms with van der Waals surface area (Å²) in [5, 5.41) is 3.30. The average Bonchev–Trinajstić information content (AvgIpc) is 3.08. The molecule has 2 aromatic carbocycles. The molecule has 1 saturated heterocycles. The molecule has 0 aromatic heterocycles. The smallest absolute Gasteiger partial charge is 0.322 e. The second-order valence-electron chi connectivity index (χ2n) is 5.80. The molecule has 0 saturated carbocycles. The summed E-state index contributed by atoms with van der Waals surface area (Å²) in [6.45, 7) is 0.776. The Kier molecular flexibility index (Phi) is 4.74. The molecule has 1 heterocycles. The Morgan fingerprint density at radius 3 is 2.39 bits per heavy atom. The monoisotopic (exact) mass is 327 g/mol. The van der Waals surface area contributed by atoms with Crippen molar-refractivity contribution in [2.24, 2.45) is 0 Å². The number of thioether (sulfide) groups is 1. The van der Waals surface area contributed by atoms with Gasteiger partial charge in [-0.25, -0.2) is 0 Å². The minimum atomic E-state index is -0.221. The first kappa shape index (κ1) is 16.1. The average molecular weight is 327 g/mol. The van der Waals surface area contributed by atoms with Gasteiger partial charge in [0, 0.05) is 6.54 Å². The summed E-state index contributed by atoms with van der Waals surface area (Å²) in [6, 6.07) is 18.8. The van der Waals surface area contributed by atoms with Gasteiger partial charge in [0.1, 0.15) is 6.04 Å². The molecule has 0 amide bonds. The number of carbonyl (C=O) groups excluding carboxylic acids is 1. The highest BCUT2D eigenvalue weighted by Gasteiger charge is 2.43. The minimum Gasteiger partial charge on any atom is -0.468 e. The Labute approximate surface area is 141 Å². The Morgan fingerprint density at radius 2 is 1.78 bits per heavy atom. The highest BCUT2D eigenvalue weighted by molar-refractivity contribution is 7.99. The second-order valence-corrected chi connectivity index (χ2v) is 6.99. The summed E-state index contributed by atoms with van der Waals surface area (Å²) < 4.78 is 4.80. The molecule has 23 heavy (non-hydrogen) atoms. The maximum absolute atomic E-state index is 11.8. The van der Waals surface area contributed by atoms with Crippen LogP contribution in [0.1, 0.15) is 12.0 Å². The zero-order valence-electron chi connectivity index (χ0n) is 13.4. The number of carbonyl (C=O) groups is 1. The Hall–Kier alpha value is -1.78. The fourth-order valence-corrected chi connectivity index (χ4v) is 4.09. The van der Waals surface area contributed by atoms with E-state index in [4.69, 9.17) is 4.74 Å². The van der Waals surface area contributed by atoms with Gasteiger partial charge in [0.05, 0.1) is 11.9 Å². The minimum absolute atomic E-state index is 0.0753. The fraction of sp³-hybridized carbons (Fsp3) is 0.316. The normalized spacial score (nSPS) is 23.7. The van der Waals surface area contributed by atoms with E-state index in [0.717, 1.165) is 13.0 Å². The number of methoxy groups -OCH3 is 1. The van der Waals surface area contributed by atoms with E-state index >= 15 is 0 Å². The van der Waals surface area contributed by atoms with Gasteiger partial charge in [-0.05, 0) is 29.4 Å². The first-order valence-electron chi connectivity index (χ1n) is 7.71. The first-order chi connectivity index (χ1) is 11.2. The third kappa shape index (κ3) is 3.14. The molecule has 1 fully saturated rings. The zero-order valence-corrected chi connectivity index (χ0v) is 14.2. The van der Waals surface area contributed by atoms with E-state index < -0.39 is 0 Å². The van der Waals surface area contributed by atoms with Crippen LogP contribution in [0.5, 0.6) is 0 Å². The molecule has 3 rings (SSSR count). The Morgan fingerprint density at radius 1 is 1.13 bits per heavy atom. The molecule has 1 aliphatic heterocycles. The van der Waals surface area contributed by atoms with Gasteiger partial charge in [-0.2, -0.15) is 11.8 Å². The summed E-state index contributed by atoms with van der Waals surface area (Å²) in [5.41, 5.74) is 3.68. The van der Waals surface area contributed by atoms with Crippen LogP contribution < -0.4 is 5.32 Å². The molecule has 2 aromatic rings. The van der Waals surface area contributed by atoms with E-state index in [2.05, 4.69) is 60.1 Å². The lowest BCUT2D eigenvalue weighted by Crippen LogP contribution is -2.31. The zero-order chi connectivity index (χ0) is 16.3. The molecule has 1 N–H and O–H groups in total. The van der Waals surface area contributed by atoms with Crippen LogP contribution >= 0.6 is 11.8 Å². The molecule has 4 heteroatoms. The molecule has 0 unspecified atom stereocenters.